The number of para-hydroxylation sites is 1. The fourth-order valence-corrected chi connectivity index (χ4v) is 5.09. The third kappa shape index (κ3) is 5.27. The van der Waals surface area contributed by atoms with Crippen LogP contribution in [0.15, 0.2) is 41.8 Å². The van der Waals surface area contributed by atoms with Crippen molar-refractivity contribution in [3.63, 3.8) is 0 Å². The molecule has 2 unspecified atom stereocenters. The summed E-state index contributed by atoms with van der Waals surface area (Å²) < 4.78 is 5.53. The molecule has 0 fully saturated rings. The summed E-state index contributed by atoms with van der Waals surface area (Å²) in [6, 6.07) is 10.5. The highest BCUT2D eigenvalue weighted by Crippen LogP contribution is 2.45. The zero-order chi connectivity index (χ0) is 25.3. The van der Waals surface area contributed by atoms with Crippen LogP contribution in [0.1, 0.15) is 60.6 Å². The molecule has 0 spiro atoms. The SMILES string of the molecule is CC(OC(=O)c1c2c(nc3ccccc13)/C(=C/c1cccs1)CC(C(C)(C)C)C2)C(=O)NC(N)=O. The monoisotopic (exact) mass is 491 g/mol. The van der Waals surface area contributed by atoms with Crippen LogP contribution in [0.2, 0.25) is 0 Å². The summed E-state index contributed by atoms with van der Waals surface area (Å²) in [6.07, 6.45) is 2.46. The van der Waals surface area contributed by atoms with Crippen molar-refractivity contribution < 1.29 is 19.1 Å². The number of carbonyl (C=O) groups is 3. The van der Waals surface area contributed by atoms with Gasteiger partial charge >= 0.3 is 12.0 Å². The third-order valence-electron chi connectivity index (χ3n) is 6.40. The number of aromatic nitrogens is 1. The van der Waals surface area contributed by atoms with Crippen LogP contribution in [0.4, 0.5) is 4.79 Å². The number of ether oxygens (including phenoxy) is 1. The third-order valence-corrected chi connectivity index (χ3v) is 7.22. The molecule has 4 rings (SSSR count). The van der Waals surface area contributed by atoms with Crippen LogP contribution in [0.5, 0.6) is 0 Å². The molecular weight excluding hydrogens is 462 g/mol. The molecule has 0 radical (unpaired) electrons. The second-order valence-corrected chi connectivity index (χ2v) is 10.9. The highest BCUT2D eigenvalue weighted by atomic mass is 32.1. The van der Waals surface area contributed by atoms with E-state index in [4.69, 9.17) is 15.5 Å². The Kier molecular flexibility index (Phi) is 6.76. The maximum atomic E-state index is 13.5. The van der Waals surface area contributed by atoms with Gasteiger partial charge in [0.25, 0.3) is 5.91 Å². The fraction of sp³-hybridized carbons (Fsp3) is 0.333. The number of allylic oxidation sites excluding steroid dienone is 1. The first-order valence-corrected chi connectivity index (χ1v) is 12.4. The molecule has 7 nitrogen and oxygen atoms in total. The maximum absolute atomic E-state index is 13.5. The second-order valence-electron chi connectivity index (χ2n) is 9.89. The summed E-state index contributed by atoms with van der Waals surface area (Å²) in [7, 11) is 0. The molecule has 1 aromatic carbocycles. The molecule has 0 saturated heterocycles. The highest BCUT2D eigenvalue weighted by Gasteiger charge is 2.36. The van der Waals surface area contributed by atoms with Crippen LogP contribution in [-0.2, 0) is 16.0 Å². The number of rotatable bonds is 4. The number of urea groups is 1. The van der Waals surface area contributed by atoms with E-state index in [0.717, 1.165) is 28.1 Å². The molecular formula is C27H29N3O4S. The predicted octanol–water partition coefficient (Wildman–Crippen LogP) is 5.19. The molecule has 2 heterocycles. The Morgan fingerprint density at radius 3 is 2.57 bits per heavy atom. The van der Waals surface area contributed by atoms with Gasteiger partial charge in [0.05, 0.1) is 16.8 Å². The Labute approximate surface area is 208 Å². The van der Waals surface area contributed by atoms with Gasteiger partial charge in [-0.2, -0.15) is 0 Å². The van der Waals surface area contributed by atoms with Gasteiger partial charge in [-0.05, 0) is 65.8 Å². The van der Waals surface area contributed by atoms with Crippen LogP contribution in [0.3, 0.4) is 0 Å². The molecule has 1 aliphatic carbocycles. The molecule has 3 aromatic rings. The van der Waals surface area contributed by atoms with E-state index in [2.05, 4.69) is 32.9 Å². The number of hydrogen-bond donors (Lipinski definition) is 2. The Morgan fingerprint density at radius 2 is 1.91 bits per heavy atom. The lowest BCUT2D eigenvalue weighted by Crippen LogP contribution is -2.42. The minimum Gasteiger partial charge on any atom is -0.449 e. The fourth-order valence-electron chi connectivity index (χ4n) is 4.41. The quantitative estimate of drug-likeness (QED) is 0.488. The Hall–Kier alpha value is -3.52. The zero-order valence-corrected chi connectivity index (χ0v) is 21.1. The molecule has 0 aliphatic heterocycles. The molecule has 182 valence electrons. The van der Waals surface area contributed by atoms with Gasteiger partial charge in [0.15, 0.2) is 6.10 Å². The van der Waals surface area contributed by atoms with Crippen molar-refractivity contribution in [3.8, 4) is 0 Å². The molecule has 3 N–H and O–H groups in total. The largest absolute Gasteiger partial charge is 0.449 e. The average Bonchev–Trinajstić information content (AvgIpc) is 3.29. The van der Waals surface area contributed by atoms with Gasteiger partial charge in [-0.1, -0.05) is 45.0 Å². The van der Waals surface area contributed by atoms with E-state index in [9.17, 15) is 14.4 Å². The molecule has 8 heteroatoms. The number of benzene rings is 1. The standard InChI is InChI=1S/C27H29N3O4S/c1-15(24(31)30-26(28)33)34-25(32)22-19-9-5-6-10-21(19)29-23-16(13-18-8-7-11-35-18)12-17(14-20(22)23)27(2,3)4/h5-11,13,15,17H,12,14H2,1-4H3,(H3,28,30,31,33)/b16-13+. The normalized spacial score (nSPS) is 17.6. The van der Waals surface area contributed by atoms with Gasteiger partial charge in [0, 0.05) is 10.3 Å². The number of nitrogens with two attached hydrogens (primary N) is 1. The van der Waals surface area contributed by atoms with Crippen molar-refractivity contribution >= 4 is 51.8 Å². The van der Waals surface area contributed by atoms with Gasteiger partial charge < -0.3 is 10.5 Å². The van der Waals surface area contributed by atoms with E-state index in [1.165, 1.54) is 6.92 Å². The van der Waals surface area contributed by atoms with Crippen molar-refractivity contribution in [3.05, 3.63) is 63.5 Å². The zero-order valence-electron chi connectivity index (χ0n) is 20.3. The van der Waals surface area contributed by atoms with E-state index >= 15 is 0 Å². The van der Waals surface area contributed by atoms with Gasteiger partial charge in [-0.25, -0.2) is 14.6 Å². The summed E-state index contributed by atoms with van der Waals surface area (Å²) in [5.74, 6) is -1.13. The van der Waals surface area contributed by atoms with Gasteiger partial charge in [0.1, 0.15) is 0 Å². The summed E-state index contributed by atoms with van der Waals surface area (Å²) in [5, 5.41) is 4.66. The first-order valence-electron chi connectivity index (χ1n) is 11.5. The predicted molar refractivity (Wildman–Crippen MR) is 138 cm³/mol. The van der Waals surface area contributed by atoms with Crippen LogP contribution >= 0.6 is 11.3 Å². The van der Waals surface area contributed by atoms with Crippen molar-refractivity contribution in [2.75, 3.05) is 0 Å². The summed E-state index contributed by atoms with van der Waals surface area (Å²) >= 11 is 1.65. The summed E-state index contributed by atoms with van der Waals surface area (Å²) in [4.78, 5) is 42.9. The Bertz CT molecular complexity index is 1320. The number of fused-ring (bicyclic) bond motifs is 2. The van der Waals surface area contributed by atoms with Crippen molar-refractivity contribution in [2.45, 2.75) is 46.6 Å². The van der Waals surface area contributed by atoms with E-state index in [-0.39, 0.29) is 11.3 Å². The molecule has 2 aromatic heterocycles. The van der Waals surface area contributed by atoms with Crippen molar-refractivity contribution in [1.29, 1.82) is 0 Å². The van der Waals surface area contributed by atoms with Crippen molar-refractivity contribution in [2.24, 2.45) is 17.1 Å². The molecule has 0 saturated carbocycles. The lowest BCUT2D eigenvalue weighted by atomic mass is 9.69. The number of nitrogens with one attached hydrogen (secondary N) is 1. The van der Waals surface area contributed by atoms with E-state index < -0.39 is 24.0 Å². The molecule has 2 atom stereocenters. The topological polar surface area (TPSA) is 111 Å². The summed E-state index contributed by atoms with van der Waals surface area (Å²) in [6.45, 7) is 8.02. The van der Waals surface area contributed by atoms with Crippen LogP contribution < -0.4 is 11.1 Å². The molecule has 0 bridgehead atoms. The lowest BCUT2D eigenvalue weighted by Gasteiger charge is -2.36. The number of nitrogens with zero attached hydrogens (tertiary/aromatic N) is 1. The van der Waals surface area contributed by atoms with Crippen LogP contribution in [-0.4, -0.2) is 29.0 Å². The van der Waals surface area contributed by atoms with Gasteiger partial charge in [0.2, 0.25) is 0 Å². The van der Waals surface area contributed by atoms with E-state index in [0.29, 0.717) is 22.9 Å². The van der Waals surface area contributed by atoms with E-state index in [1.54, 1.807) is 11.3 Å². The smallest absolute Gasteiger partial charge is 0.339 e. The van der Waals surface area contributed by atoms with Gasteiger partial charge in [-0.15, -0.1) is 11.3 Å². The minimum atomic E-state index is -1.19. The number of imide groups is 1. The molecule has 1 aliphatic rings. The molecule has 3 amide bonds. The Balaban J connectivity index is 1.87. The number of esters is 1. The summed E-state index contributed by atoms with van der Waals surface area (Å²) in [5.41, 5.74) is 8.82. The highest BCUT2D eigenvalue weighted by molar-refractivity contribution is 7.10. The number of carbonyl (C=O) groups excluding carboxylic acids is 3. The number of hydrogen-bond acceptors (Lipinski definition) is 6. The van der Waals surface area contributed by atoms with Crippen LogP contribution in [0, 0.1) is 11.3 Å². The van der Waals surface area contributed by atoms with E-state index in [1.807, 2.05) is 41.0 Å². The lowest BCUT2D eigenvalue weighted by molar-refractivity contribution is -0.127. The molecule has 35 heavy (non-hydrogen) atoms. The first-order chi connectivity index (χ1) is 16.5. The number of pyridine rings is 1. The second kappa shape index (κ2) is 9.62. The van der Waals surface area contributed by atoms with Crippen molar-refractivity contribution in [1.82, 2.24) is 10.3 Å². The van der Waals surface area contributed by atoms with Gasteiger partial charge in [-0.3, -0.25) is 10.1 Å². The number of thiophene rings is 1. The number of amides is 3. The number of primary amides is 1. The minimum absolute atomic E-state index is 0.00624. The maximum Gasteiger partial charge on any atom is 0.339 e. The first kappa shape index (κ1) is 24.6. The Morgan fingerprint density at radius 1 is 1.17 bits per heavy atom. The van der Waals surface area contributed by atoms with Crippen LogP contribution in [0.25, 0.3) is 22.6 Å². The average molecular weight is 492 g/mol.